The fourth-order valence-electron chi connectivity index (χ4n) is 4.86. The van der Waals surface area contributed by atoms with Gasteiger partial charge in [0.1, 0.15) is 17.2 Å². The minimum atomic E-state index is -1.71. The number of aliphatic hydroxyl groups is 1. The van der Waals surface area contributed by atoms with E-state index < -0.39 is 11.7 Å². The number of rotatable bonds is 5. The van der Waals surface area contributed by atoms with E-state index in [1.54, 1.807) is 42.5 Å². The molecule has 0 saturated carbocycles. The van der Waals surface area contributed by atoms with Crippen LogP contribution in [0, 0.1) is 5.21 Å². The predicted molar refractivity (Wildman–Crippen MR) is 141 cm³/mol. The summed E-state index contributed by atoms with van der Waals surface area (Å²) in [6, 6.07) is 13.4. The number of H-pyrrole nitrogens is 1. The van der Waals surface area contributed by atoms with E-state index in [4.69, 9.17) is 28.3 Å². The maximum absolute atomic E-state index is 13.4. The molecule has 39 heavy (non-hydrogen) atoms. The Balaban J connectivity index is 1.38. The largest absolute Gasteiger partial charge is 0.618 e. The van der Waals surface area contributed by atoms with Crippen molar-refractivity contribution >= 4 is 35.0 Å². The molecule has 5 aromatic rings. The van der Waals surface area contributed by atoms with Crippen LogP contribution < -0.4 is 10.0 Å². The zero-order valence-corrected chi connectivity index (χ0v) is 21.3. The number of anilines is 1. The van der Waals surface area contributed by atoms with Gasteiger partial charge in [0.05, 0.1) is 5.69 Å². The lowest BCUT2D eigenvalue weighted by Gasteiger charge is -2.20. The van der Waals surface area contributed by atoms with Crippen molar-refractivity contribution in [3.8, 4) is 28.1 Å². The van der Waals surface area contributed by atoms with Gasteiger partial charge in [-0.2, -0.15) is 9.41 Å². The van der Waals surface area contributed by atoms with Gasteiger partial charge in [-0.1, -0.05) is 35.3 Å². The van der Waals surface area contributed by atoms with E-state index in [1.807, 2.05) is 6.07 Å². The number of amides is 1. The molecule has 12 nitrogen and oxygen atoms in total. The number of nitrogens with one attached hydrogen (secondary N) is 2. The molecule has 2 aromatic carbocycles. The second-order valence-corrected chi connectivity index (χ2v) is 9.77. The lowest BCUT2D eigenvalue weighted by molar-refractivity contribution is -0.620. The number of carbonyl (C=O) groups is 1. The number of hydrogen-bond donors (Lipinski definition) is 4. The Kier molecular flexibility index (Phi) is 5.94. The van der Waals surface area contributed by atoms with Crippen LogP contribution in [0.2, 0.25) is 10.2 Å². The number of imidazole rings is 1. The van der Waals surface area contributed by atoms with Gasteiger partial charge in [-0.15, -0.1) is 5.10 Å². The second kappa shape index (κ2) is 9.34. The number of carboxylic acid groups (broad SMARTS) is 1. The van der Waals surface area contributed by atoms with Gasteiger partial charge in [-0.05, 0) is 59.7 Å². The number of halogens is 2. The molecular formula is C25H18Cl2N8O4. The number of pyridine rings is 1. The monoisotopic (exact) mass is 564 g/mol. The van der Waals surface area contributed by atoms with Gasteiger partial charge >= 0.3 is 6.09 Å². The Labute approximate surface area is 230 Å². The van der Waals surface area contributed by atoms with E-state index in [0.717, 1.165) is 0 Å². The first kappa shape index (κ1) is 24.8. The number of tetrazole rings is 1. The minimum absolute atomic E-state index is 0.128. The highest BCUT2D eigenvalue weighted by molar-refractivity contribution is 6.32. The van der Waals surface area contributed by atoms with E-state index >= 15 is 0 Å². The van der Waals surface area contributed by atoms with Crippen molar-refractivity contribution in [2.75, 3.05) is 5.32 Å². The topological polar surface area (TPSA) is 169 Å². The highest BCUT2D eigenvalue weighted by atomic mass is 35.5. The van der Waals surface area contributed by atoms with Crippen molar-refractivity contribution in [3.05, 3.63) is 93.5 Å². The first-order valence-corrected chi connectivity index (χ1v) is 12.4. The molecule has 1 amide bonds. The molecule has 3 heterocycles. The molecule has 4 N–H and O–H groups in total. The second-order valence-electron chi connectivity index (χ2n) is 8.96. The summed E-state index contributed by atoms with van der Waals surface area (Å²) in [6.07, 6.45) is 2.24. The Morgan fingerprint density at radius 1 is 1.15 bits per heavy atom. The van der Waals surface area contributed by atoms with Crippen molar-refractivity contribution < 1.29 is 19.7 Å². The standard InChI is InChI=1S/C25H18Cl2N8O4/c26-16-3-6-19(34-12-28-32-33-34)18(10-16)15-9-14-7-8-25(38,21(14)35(39)11-15)23-30-20(22(27)31-23)13-1-4-17(5-2-13)29-24(36)37/h1-6,9-12,29,38H,7-8H2,(H,30,31)(H,36,37). The summed E-state index contributed by atoms with van der Waals surface area (Å²) in [6.45, 7) is 0. The summed E-state index contributed by atoms with van der Waals surface area (Å²) in [5.41, 5.74) is 2.26. The van der Waals surface area contributed by atoms with Gasteiger partial charge in [-0.3, -0.25) is 5.32 Å². The Hall–Kier alpha value is -4.52. The number of aromatic amines is 1. The quantitative estimate of drug-likeness (QED) is 0.184. The molecule has 0 aliphatic heterocycles. The lowest BCUT2D eigenvalue weighted by Crippen LogP contribution is -2.42. The average Bonchev–Trinajstić information content (AvgIpc) is 3.64. The third-order valence-electron chi connectivity index (χ3n) is 6.58. The highest BCUT2D eigenvalue weighted by Crippen LogP contribution is 2.42. The molecule has 6 rings (SSSR count). The summed E-state index contributed by atoms with van der Waals surface area (Å²) in [4.78, 5) is 18.3. The predicted octanol–water partition coefficient (Wildman–Crippen LogP) is 3.93. The number of aromatic nitrogens is 7. The van der Waals surface area contributed by atoms with Crippen molar-refractivity contribution in [1.82, 2.24) is 30.2 Å². The van der Waals surface area contributed by atoms with E-state index in [1.165, 1.54) is 17.2 Å². The first-order valence-electron chi connectivity index (χ1n) is 11.6. The third-order valence-corrected chi connectivity index (χ3v) is 7.09. The lowest BCUT2D eigenvalue weighted by atomic mass is 9.98. The smallest absolute Gasteiger partial charge is 0.409 e. The summed E-state index contributed by atoms with van der Waals surface area (Å²) in [5.74, 6) is 0.128. The molecular weight excluding hydrogens is 547 g/mol. The fourth-order valence-corrected chi connectivity index (χ4v) is 5.27. The van der Waals surface area contributed by atoms with Gasteiger partial charge < -0.3 is 20.4 Å². The summed E-state index contributed by atoms with van der Waals surface area (Å²) in [5, 5.41) is 48.2. The first-order chi connectivity index (χ1) is 18.7. The van der Waals surface area contributed by atoms with E-state index in [2.05, 4.69) is 30.8 Å². The number of hydrogen-bond acceptors (Lipinski definition) is 7. The Bertz CT molecular complexity index is 1720. The molecule has 196 valence electrons. The van der Waals surface area contributed by atoms with Crippen LogP contribution in [0.4, 0.5) is 10.5 Å². The molecule has 0 spiro atoms. The number of nitrogens with zero attached hydrogens (tertiary/aromatic N) is 6. The van der Waals surface area contributed by atoms with Crippen LogP contribution in [0.15, 0.2) is 61.1 Å². The van der Waals surface area contributed by atoms with Gasteiger partial charge in [0.25, 0.3) is 0 Å². The zero-order chi connectivity index (χ0) is 27.3. The van der Waals surface area contributed by atoms with Crippen LogP contribution in [0.3, 0.4) is 0 Å². The van der Waals surface area contributed by atoms with Crippen LogP contribution >= 0.6 is 23.2 Å². The van der Waals surface area contributed by atoms with Crippen molar-refractivity contribution in [2.45, 2.75) is 18.4 Å². The minimum Gasteiger partial charge on any atom is -0.618 e. The number of benzene rings is 2. The average molecular weight is 565 g/mol. The zero-order valence-electron chi connectivity index (χ0n) is 19.8. The van der Waals surface area contributed by atoms with Crippen LogP contribution in [0.5, 0.6) is 0 Å². The van der Waals surface area contributed by atoms with Crippen molar-refractivity contribution in [1.29, 1.82) is 0 Å². The van der Waals surface area contributed by atoms with Crippen LogP contribution in [-0.4, -0.2) is 46.5 Å². The van der Waals surface area contributed by atoms with E-state index in [-0.39, 0.29) is 23.1 Å². The van der Waals surface area contributed by atoms with Gasteiger partial charge in [-0.25, -0.2) is 9.78 Å². The van der Waals surface area contributed by atoms with Gasteiger partial charge in [0.2, 0.25) is 11.3 Å². The molecule has 0 bridgehead atoms. The summed E-state index contributed by atoms with van der Waals surface area (Å²) < 4.78 is 2.12. The summed E-state index contributed by atoms with van der Waals surface area (Å²) >= 11 is 12.7. The Morgan fingerprint density at radius 2 is 1.95 bits per heavy atom. The maximum atomic E-state index is 13.4. The molecule has 1 aliphatic rings. The molecule has 0 saturated heterocycles. The van der Waals surface area contributed by atoms with Gasteiger partial charge in [0.15, 0.2) is 12.0 Å². The third kappa shape index (κ3) is 4.34. The summed E-state index contributed by atoms with van der Waals surface area (Å²) in [7, 11) is 0. The van der Waals surface area contributed by atoms with Crippen LogP contribution in [-0.2, 0) is 12.0 Å². The molecule has 0 fully saturated rings. The van der Waals surface area contributed by atoms with Crippen LogP contribution in [0.1, 0.15) is 23.5 Å². The molecule has 0 radical (unpaired) electrons. The number of fused-ring (bicyclic) bond motifs is 1. The highest BCUT2D eigenvalue weighted by Gasteiger charge is 2.49. The normalized spacial score (nSPS) is 16.3. The molecule has 1 aliphatic carbocycles. The molecule has 1 unspecified atom stereocenters. The van der Waals surface area contributed by atoms with Gasteiger partial charge in [0, 0.05) is 33.0 Å². The maximum Gasteiger partial charge on any atom is 0.409 e. The SMILES string of the molecule is O=C(O)Nc1ccc(-c2nc(C3(O)CCc4cc(-c5cc(Cl)ccc5-n5cnnn5)c[n+]([O-])c43)[nH]c2Cl)cc1. The van der Waals surface area contributed by atoms with E-state index in [9.17, 15) is 15.1 Å². The van der Waals surface area contributed by atoms with E-state index in [0.29, 0.717) is 55.5 Å². The molecule has 3 aromatic heterocycles. The van der Waals surface area contributed by atoms with Crippen molar-refractivity contribution in [2.24, 2.45) is 0 Å². The van der Waals surface area contributed by atoms with Crippen LogP contribution in [0.25, 0.3) is 28.1 Å². The fraction of sp³-hybridized carbons (Fsp3) is 0.120. The number of aryl methyl sites for hydroxylation is 1. The van der Waals surface area contributed by atoms with Crippen molar-refractivity contribution in [3.63, 3.8) is 0 Å². The Morgan fingerprint density at radius 3 is 2.67 bits per heavy atom. The molecule has 1 atom stereocenters. The molecule has 14 heteroatoms.